The van der Waals surface area contributed by atoms with Crippen LogP contribution in [-0.2, 0) is 13.1 Å². The summed E-state index contributed by atoms with van der Waals surface area (Å²) in [4.78, 5) is 1.51. The van der Waals surface area contributed by atoms with E-state index in [1.54, 1.807) is 25.2 Å². The van der Waals surface area contributed by atoms with E-state index < -0.39 is 11.6 Å². The van der Waals surface area contributed by atoms with Gasteiger partial charge in [-0.05, 0) is 35.4 Å². The van der Waals surface area contributed by atoms with Gasteiger partial charge in [-0.2, -0.15) is 0 Å². The van der Waals surface area contributed by atoms with Crippen molar-refractivity contribution in [1.29, 1.82) is 0 Å². The molecule has 0 aromatic heterocycles. The van der Waals surface area contributed by atoms with Crippen LogP contribution < -0.4 is 10.6 Å². The van der Waals surface area contributed by atoms with E-state index in [1.165, 1.54) is 17.0 Å². The van der Waals surface area contributed by atoms with E-state index >= 15 is 0 Å². The molecule has 0 heterocycles. The van der Waals surface area contributed by atoms with Gasteiger partial charge in [-0.3, -0.25) is 0 Å². The van der Waals surface area contributed by atoms with Gasteiger partial charge in [0.25, 0.3) is 0 Å². The molecule has 106 valence electrons. The predicted octanol–water partition coefficient (Wildman–Crippen LogP) is 3.71. The number of halogens is 3. The van der Waals surface area contributed by atoms with Crippen molar-refractivity contribution >= 4 is 17.3 Å². The second kappa shape index (κ2) is 6.20. The zero-order valence-electron chi connectivity index (χ0n) is 11.0. The molecule has 0 saturated carbocycles. The van der Waals surface area contributed by atoms with E-state index in [2.05, 4.69) is 0 Å². The number of nitrogens with zero attached hydrogens (tertiary/aromatic N) is 1. The smallest absolute Gasteiger partial charge is 0.149 e. The molecule has 5 heteroatoms. The number of rotatable bonds is 4. The van der Waals surface area contributed by atoms with Gasteiger partial charge in [0.05, 0.1) is 0 Å². The Labute approximate surface area is 121 Å². The van der Waals surface area contributed by atoms with Crippen LogP contribution in [0.5, 0.6) is 0 Å². The summed E-state index contributed by atoms with van der Waals surface area (Å²) in [6, 6.07) is 9.69. The summed E-state index contributed by atoms with van der Waals surface area (Å²) < 4.78 is 27.9. The molecule has 2 N–H and O–H groups in total. The van der Waals surface area contributed by atoms with Crippen LogP contribution in [0, 0.1) is 11.6 Å². The minimum Gasteiger partial charge on any atom is -0.366 e. The van der Waals surface area contributed by atoms with Gasteiger partial charge >= 0.3 is 0 Å². The maximum atomic E-state index is 14.0. The molecule has 0 unspecified atom stereocenters. The molecule has 0 saturated heterocycles. The number of benzene rings is 2. The summed E-state index contributed by atoms with van der Waals surface area (Å²) in [6.45, 7) is 0.461. The minimum atomic E-state index is -0.616. The molecule has 2 aromatic carbocycles. The predicted molar refractivity (Wildman–Crippen MR) is 77.8 cm³/mol. The molecule has 0 amide bonds. The van der Waals surface area contributed by atoms with Crippen molar-refractivity contribution < 1.29 is 8.78 Å². The molecule has 2 aromatic rings. The summed E-state index contributed by atoms with van der Waals surface area (Å²) in [5, 5.41) is 0.593. The van der Waals surface area contributed by atoms with Crippen LogP contribution in [0.2, 0.25) is 5.02 Å². The number of anilines is 1. The van der Waals surface area contributed by atoms with Gasteiger partial charge in [0.15, 0.2) is 0 Å². The van der Waals surface area contributed by atoms with E-state index in [4.69, 9.17) is 17.3 Å². The summed E-state index contributed by atoms with van der Waals surface area (Å²) >= 11 is 5.90. The fourth-order valence-electron chi connectivity index (χ4n) is 2.09. The Morgan fingerprint density at radius 1 is 1.10 bits per heavy atom. The molecular formula is C15H15ClF2N2. The van der Waals surface area contributed by atoms with Crippen molar-refractivity contribution in [3.8, 4) is 0 Å². The highest BCUT2D eigenvalue weighted by Gasteiger charge is 2.15. The first-order chi connectivity index (χ1) is 9.51. The number of hydrogen-bond donors (Lipinski definition) is 1. The van der Waals surface area contributed by atoms with E-state index in [0.29, 0.717) is 17.1 Å². The average Bonchev–Trinajstić information content (AvgIpc) is 2.37. The van der Waals surface area contributed by atoms with Gasteiger partial charge in [0.1, 0.15) is 17.3 Å². The van der Waals surface area contributed by atoms with Crippen LogP contribution >= 0.6 is 11.6 Å². The zero-order valence-corrected chi connectivity index (χ0v) is 11.8. The zero-order chi connectivity index (χ0) is 14.7. The van der Waals surface area contributed by atoms with Gasteiger partial charge in [-0.25, -0.2) is 8.78 Å². The number of nitrogens with two attached hydrogens (primary N) is 1. The Balaban J connectivity index is 2.27. The Bertz CT molecular complexity index is 594. The lowest BCUT2D eigenvalue weighted by Gasteiger charge is -2.21. The van der Waals surface area contributed by atoms with Crippen LogP contribution in [0.4, 0.5) is 14.5 Å². The van der Waals surface area contributed by atoms with Crippen molar-refractivity contribution in [3.05, 3.63) is 64.2 Å². The monoisotopic (exact) mass is 296 g/mol. The van der Waals surface area contributed by atoms with Gasteiger partial charge in [-0.1, -0.05) is 23.7 Å². The lowest BCUT2D eigenvalue weighted by molar-refractivity contribution is 0.573. The van der Waals surface area contributed by atoms with Crippen molar-refractivity contribution in [2.75, 3.05) is 11.9 Å². The first kappa shape index (κ1) is 14.8. The summed E-state index contributed by atoms with van der Waals surface area (Å²) in [5.74, 6) is -1.23. The van der Waals surface area contributed by atoms with E-state index in [1.807, 2.05) is 6.07 Å². The maximum Gasteiger partial charge on any atom is 0.149 e. The van der Waals surface area contributed by atoms with Crippen LogP contribution in [0.25, 0.3) is 0 Å². The summed E-state index contributed by atoms with van der Waals surface area (Å²) in [7, 11) is 1.63. The fraction of sp³-hybridized carbons (Fsp3) is 0.200. The quantitative estimate of drug-likeness (QED) is 0.932. The molecule has 20 heavy (non-hydrogen) atoms. The first-order valence-electron chi connectivity index (χ1n) is 6.15. The molecule has 0 aliphatic heterocycles. The Kier molecular flexibility index (Phi) is 4.57. The second-order valence-corrected chi connectivity index (χ2v) is 5.03. The van der Waals surface area contributed by atoms with Crippen molar-refractivity contribution in [1.82, 2.24) is 0 Å². The lowest BCUT2D eigenvalue weighted by Crippen LogP contribution is -2.19. The van der Waals surface area contributed by atoms with Gasteiger partial charge in [0, 0.05) is 25.2 Å². The number of hydrogen-bond acceptors (Lipinski definition) is 2. The second-order valence-electron chi connectivity index (χ2n) is 4.60. The van der Waals surface area contributed by atoms with Crippen molar-refractivity contribution in [2.24, 2.45) is 5.73 Å². The first-order valence-corrected chi connectivity index (χ1v) is 6.52. The van der Waals surface area contributed by atoms with Crippen LogP contribution in [0.1, 0.15) is 11.1 Å². The van der Waals surface area contributed by atoms with Crippen LogP contribution in [0.3, 0.4) is 0 Å². The molecule has 2 rings (SSSR count). The molecule has 0 aliphatic carbocycles. The maximum absolute atomic E-state index is 14.0. The third-order valence-corrected chi connectivity index (χ3v) is 3.24. The topological polar surface area (TPSA) is 29.3 Å². The van der Waals surface area contributed by atoms with Gasteiger partial charge < -0.3 is 10.6 Å². The highest BCUT2D eigenvalue weighted by atomic mass is 35.5. The minimum absolute atomic E-state index is 0.0674. The molecule has 0 spiro atoms. The van der Waals surface area contributed by atoms with E-state index in [9.17, 15) is 8.78 Å². The third kappa shape index (κ3) is 3.26. The van der Waals surface area contributed by atoms with E-state index in [0.717, 1.165) is 5.56 Å². The Morgan fingerprint density at radius 2 is 1.75 bits per heavy atom. The standard InChI is InChI=1S/C15H15ClF2N2/c1-20(9-10-3-2-4-12(16)5-10)15-13(17)6-11(8-19)7-14(15)18/h2-7H,8-9,19H2,1H3. The normalized spacial score (nSPS) is 10.7. The highest BCUT2D eigenvalue weighted by Crippen LogP contribution is 2.25. The van der Waals surface area contributed by atoms with Crippen molar-refractivity contribution in [2.45, 2.75) is 13.1 Å². The fourth-order valence-corrected chi connectivity index (χ4v) is 2.30. The summed E-state index contributed by atoms with van der Waals surface area (Å²) in [5.41, 5.74) is 6.63. The summed E-state index contributed by atoms with van der Waals surface area (Å²) in [6.07, 6.45) is 0. The third-order valence-electron chi connectivity index (χ3n) is 3.00. The van der Waals surface area contributed by atoms with Crippen LogP contribution in [0.15, 0.2) is 36.4 Å². The van der Waals surface area contributed by atoms with Crippen LogP contribution in [-0.4, -0.2) is 7.05 Å². The highest BCUT2D eigenvalue weighted by molar-refractivity contribution is 6.30. The van der Waals surface area contributed by atoms with Crippen molar-refractivity contribution in [3.63, 3.8) is 0 Å². The molecule has 0 fully saturated rings. The van der Waals surface area contributed by atoms with Gasteiger partial charge in [-0.15, -0.1) is 0 Å². The molecule has 0 radical (unpaired) electrons. The lowest BCUT2D eigenvalue weighted by atomic mass is 10.1. The largest absolute Gasteiger partial charge is 0.366 e. The average molecular weight is 297 g/mol. The Morgan fingerprint density at radius 3 is 2.30 bits per heavy atom. The Hall–Kier alpha value is -1.65. The van der Waals surface area contributed by atoms with Gasteiger partial charge in [0.2, 0.25) is 0 Å². The molecule has 0 bridgehead atoms. The molecule has 2 nitrogen and oxygen atoms in total. The molecule has 0 atom stereocenters. The SMILES string of the molecule is CN(Cc1cccc(Cl)c1)c1c(F)cc(CN)cc1F. The molecule has 0 aliphatic rings. The molecular weight excluding hydrogens is 282 g/mol. The van der Waals surface area contributed by atoms with E-state index in [-0.39, 0.29) is 12.2 Å².